The number of methoxy groups -OCH3 is 2. The third-order valence-corrected chi connectivity index (χ3v) is 5.72. The number of aromatic hydroxyl groups is 1. The maximum atomic E-state index is 10.1. The lowest BCUT2D eigenvalue weighted by atomic mass is 10.2. The predicted molar refractivity (Wildman–Crippen MR) is 141 cm³/mol. The zero-order valence-corrected chi connectivity index (χ0v) is 20.6. The maximum absolute atomic E-state index is 10.1. The second-order valence-electron chi connectivity index (χ2n) is 8.16. The van der Waals surface area contributed by atoms with Gasteiger partial charge >= 0.3 is 0 Å². The first kappa shape index (κ1) is 23.6. The Labute approximate surface area is 214 Å². The van der Waals surface area contributed by atoms with Crippen LogP contribution in [0.1, 0.15) is 5.69 Å². The average molecular weight is 493 g/mol. The van der Waals surface area contributed by atoms with Crippen molar-refractivity contribution in [2.24, 2.45) is 7.05 Å². The highest BCUT2D eigenvalue weighted by Gasteiger charge is 2.14. The van der Waals surface area contributed by atoms with Crippen molar-refractivity contribution in [2.75, 3.05) is 25.7 Å². The number of aryl methyl sites for hydroxylation is 1. The molecule has 3 heterocycles. The number of benzene rings is 2. The van der Waals surface area contributed by atoms with E-state index in [0.717, 1.165) is 33.7 Å². The first-order chi connectivity index (χ1) is 18.0. The minimum atomic E-state index is 0.0357. The molecule has 0 radical (unpaired) electrons. The van der Waals surface area contributed by atoms with Gasteiger partial charge in [0.1, 0.15) is 17.2 Å². The van der Waals surface area contributed by atoms with E-state index in [-0.39, 0.29) is 5.75 Å². The van der Waals surface area contributed by atoms with E-state index in [0.29, 0.717) is 23.7 Å². The van der Waals surface area contributed by atoms with Gasteiger partial charge in [0.25, 0.3) is 0 Å². The summed E-state index contributed by atoms with van der Waals surface area (Å²) in [6, 6.07) is 14.7. The van der Waals surface area contributed by atoms with Crippen molar-refractivity contribution in [1.29, 1.82) is 0 Å². The fraction of sp³-hybridized carbons (Fsp3) is 0.143. The summed E-state index contributed by atoms with van der Waals surface area (Å²) < 4.78 is 12.7. The fourth-order valence-electron chi connectivity index (χ4n) is 3.84. The van der Waals surface area contributed by atoms with Crippen molar-refractivity contribution < 1.29 is 14.6 Å². The van der Waals surface area contributed by atoms with Crippen LogP contribution < -0.4 is 14.4 Å². The van der Waals surface area contributed by atoms with Crippen LogP contribution in [0.5, 0.6) is 17.2 Å². The summed E-state index contributed by atoms with van der Waals surface area (Å²) in [5.41, 5.74) is 5.09. The smallest absolute Gasteiger partial charge is 0.154 e. The number of pyridine rings is 1. The summed E-state index contributed by atoms with van der Waals surface area (Å²) in [7, 11) is 5.08. The average Bonchev–Trinajstić information content (AvgIpc) is 3.37. The molecule has 0 amide bonds. The number of hydrogen-bond donors (Lipinski definition) is 1. The highest BCUT2D eigenvalue weighted by molar-refractivity contribution is 5.83. The first-order valence-corrected chi connectivity index (χ1v) is 11.4. The van der Waals surface area contributed by atoms with Crippen LogP contribution in [0.4, 0.5) is 11.4 Å². The first-order valence-electron chi connectivity index (χ1n) is 11.4. The highest BCUT2D eigenvalue weighted by Crippen LogP contribution is 2.34. The molecule has 0 bridgehead atoms. The summed E-state index contributed by atoms with van der Waals surface area (Å²) in [6.07, 6.45) is 7.00. The second kappa shape index (κ2) is 10.3. The molecule has 2 aromatic carbocycles. The molecule has 0 spiro atoms. The minimum absolute atomic E-state index is 0.0357. The zero-order chi connectivity index (χ0) is 25.8. The van der Waals surface area contributed by atoms with Gasteiger partial charge in [-0.3, -0.25) is 9.67 Å². The molecule has 184 valence electrons. The van der Waals surface area contributed by atoms with Gasteiger partial charge in [0.15, 0.2) is 5.69 Å². The topological polar surface area (TPSA) is 98.4 Å². The number of ether oxygens (including phenoxy) is 2. The quantitative estimate of drug-likeness (QED) is 0.350. The van der Waals surface area contributed by atoms with Crippen LogP contribution in [0.3, 0.4) is 0 Å². The Hall–Kier alpha value is -5.10. The van der Waals surface area contributed by atoms with Crippen molar-refractivity contribution in [3.63, 3.8) is 0 Å². The van der Waals surface area contributed by atoms with E-state index in [9.17, 15) is 5.11 Å². The van der Waals surface area contributed by atoms with Crippen LogP contribution in [-0.4, -0.2) is 50.6 Å². The number of rotatable bonds is 6. The van der Waals surface area contributed by atoms with E-state index in [1.54, 1.807) is 49.6 Å². The number of hydrogen-bond acceptors (Lipinski definition) is 8. The summed E-state index contributed by atoms with van der Waals surface area (Å²) in [5.74, 6) is 7.42. The van der Waals surface area contributed by atoms with Gasteiger partial charge in [-0.2, -0.15) is 5.10 Å². The van der Waals surface area contributed by atoms with E-state index in [1.807, 2.05) is 54.5 Å². The van der Waals surface area contributed by atoms with E-state index in [1.165, 1.54) is 0 Å². The molecule has 0 aliphatic rings. The lowest BCUT2D eigenvalue weighted by Gasteiger charge is -2.24. The molecule has 9 heteroatoms. The Balaban J connectivity index is 1.59. The number of anilines is 2. The van der Waals surface area contributed by atoms with Gasteiger partial charge in [0.05, 0.1) is 49.9 Å². The monoisotopic (exact) mass is 492 g/mol. The molecule has 0 aliphatic carbocycles. The molecular weight excluding hydrogens is 468 g/mol. The largest absolute Gasteiger partial charge is 0.505 e. The Bertz CT molecular complexity index is 1610. The summed E-state index contributed by atoms with van der Waals surface area (Å²) in [4.78, 5) is 15.6. The molecule has 9 nitrogen and oxygen atoms in total. The van der Waals surface area contributed by atoms with Crippen LogP contribution >= 0.6 is 0 Å². The third-order valence-electron chi connectivity index (χ3n) is 5.72. The number of fused-ring (bicyclic) bond motifs is 1. The lowest BCUT2D eigenvalue weighted by molar-refractivity contribution is 0.394. The van der Waals surface area contributed by atoms with Crippen molar-refractivity contribution >= 4 is 22.4 Å². The van der Waals surface area contributed by atoms with Crippen molar-refractivity contribution in [3.8, 4) is 40.3 Å². The van der Waals surface area contributed by atoms with Crippen LogP contribution in [0, 0.1) is 11.8 Å². The molecule has 0 aliphatic heterocycles. The predicted octanol–water partition coefficient (Wildman–Crippen LogP) is 4.34. The van der Waals surface area contributed by atoms with Crippen LogP contribution in [0.2, 0.25) is 0 Å². The molecule has 3 aromatic heterocycles. The molecule has 1 N–H and O–H groups in total. The second-order valence-corrected chi connectivity index (χ2v) is 8.16. The molecule has 5 aromatic rings. The van der Waals surface area contributed by atoms with Crippen molar-refractivity contribution in [1.82, 2.24) is 24.7 Å². The van der Waals surface area contributed by atoms with Crippen molar-refractivity contribution in [3.05, 3.63) is 79.0 Å². The van der Waals surface area contributed by atoms with E-state index in [2.05, 4.69) is 26.9 Å². The Morgan fingerprint density at radius 2 is 1.76 bits per heavy atom. The van der Waals surface area contributed by atoms with Crippen LogP contribution in [0.25, 0.3) is 22.3 Å². The van der Waals surface area contributed by atoms with E-state index in [4.69, 9.17) is 14.5 Å². The molecule has 0 saturated heterocycles. The molecule has 37 heavy (non-hydrogen) atoms. The summed E-state index contributed by atoms with van der Waals surface area (Å²) in [5, 5.41) is 14.3. The SMILES string of the molecule is COc1cc(OC)cc(N(CC#Cc2ncccc2O)c2ccc3ncc(-c4cnn(C)c4)nc3c2)c1. The molecule has 0 fully saturated rings. The minimum Gasteiger partial charge on any atom is -0.505 e. The van der Waals surface area contributed by atoms with Gasteiger partial charge in [-0.15, -0.1) is 0 Å². The summed E-state index contributed by atoms with van der Waals surface area (Å²) >= 11 is 0. The van der Waals surface area contributed by atoms with Gasteiger partial charge in [0, 0.05) is 54.6 Å². The molecule has 5 rings (SSSR count). The molecule has 0 atom stereocenters. The lowest BCUT2D eigenvalue weighted by Crippen LogP contribution is -2.17. The highest BCUT2D eigenvalue weighted by atomic mass is 16.5. The Morgan fingerprint density at radius 3 is 2.46 bits per heavy atom. The molecular formula is C28H24N6O3. The Kier molecular flexibility index (Phi) is 6.55. The van der Waals surface area contributed by atoms with Crippen LogP contribution in [-0.2, 0) is 7.05 Å². The normalized spacial score (nSPS) is 10.6. The fourth-order valence-corrected chi connectivity index (χ4v) is 3.84. The van der Waals surface area contributed by atoms with Gasteiger partial charge < -0.3 is 19.5 Å². The number of aromatic nitrogens is 5. The van der Waals surface area contributed by atoms with Crippen LogP contribution in [0.15, 0.2) is 73.3 Å². The molecule has 0 saturated carbocycles. The third kappa shape index (κ3) is 5.13. The van der Waals surface area contributed by atoms with E-state index < -0.39 is 0 Å². The van der Waals surface area contributed by atoms with Crippen molar-refractivity contribution in [2.45, 2.75) is 0 Å². The van der Waals surface area contributed by atoms with Gasteiger partial charge in [0.2, 0.25) is 0 Å². The molecule has 0 unspecified atom stereocenters. The standard InChI is InChI=1S/C28H24N6O3/c1-33-18-19(16-31-33)27-17-30-24-9-8-20(14-26(24)32-27)34(11-5-6-25-28(35)7-4-10-29-25)21-12-22(36-2)15-23(13-21)37-3/h4,7-10,12-18,35H,11H2,1-3H3. The zero-order valence-electron chi connectivity index (χ0n) is 20.6. The van der Waals surface area contributed by atoms with Gasteiger partial charge in [-0.1, -0.05) is 5.92 Å². The number of nitrogens with zero attached hydrogens (tertiary/aromatic N) is 6. The van der Waals surface area contributed by atoms with Gasteiger partial charge in [-0.25, -0.2) is 9.97 Å². The van der Waals surface area contributed by atoms with Gasteiger partial charge in [-0.05, 0) is 36.3 Å². The Morgan fingerprint density at radius 1 is 0.946 bits per heavy atom. The maximum Gasteiger partial charge on any atom is 0.154 e. The van der Waals surface area contributed by atoms with E-state index >= 15 is 0 Å². The summed E-state index contributed by atoms with van der Waals surface area (Å²) in [6.45, 7) is 0.299.